The van der Waals surface area contributed by atoms with E-state index < -0.39 is 0 Å². The van der Waals surface area contributed by atoms with E-state index in [9.17, 15) is 9.59 Å². The minimum Gasteiger partial charge on any atom is -0.379 e. The fourth-order valence-electron chi connectivity index (χ4n) is 3.02. The normalized spacial score (nSPS) is 15.5. The van der Waals surface area contributed by atoms with Gasteiger partial charge in [-0.3, -0.25) is 14.5 Å². The molecule has 0 aliphatic carbocycles. The molecule has 2 aromatic rings. The van der Waals surface area contributed by atoms with Crippen LogP contribution in [0.15, 0.2) is 35.3 Å². The molecule has 6 heteroatoms. The Hall–Kier alpha value is -2.18. The van der Waals surface area contributed by atoms with Crippen LogP contribution in [-0.4, -0.2) is 54.8 Å². The number of aromatic nitrogens is 1. The first-order valence-electron chi connectivity index (χ1n) is 8.33. The number of aryl methyl sites for hydroxylation is 1. The number of morpholine rings is 1. The lowest BCUT2D eigenvalue weighted by molar-refractivity contribution is 0.0374. The monoisotopic (exact) mass is 329 g/mol. The fourth-order valence-corrected chi connectivity index (χ4v) is 3.02. The van der Waals surface area contributed by atoms with Gasteiger partial charge >= 0.3 is 0 Å². The third kappa shape index (κ3) is 3.66. The number of fused-ring (bicyclic) bond motifs is 1. The van der Waals surface area contributed by atoms with Crippen molar-refractivity contribution in [2.45, 2.75) is 6.42 Å². The summed E-state index contributed by atoms with van der Waals surface area (Å²) in [6.45, 7) is 5.07. The lowest BCUT2D eigenvalue weighted by Gasteiger charge is -2.26. The van der Waals surface area contributed by atoms with E-state index in [4.69, 9.17) is 4.74 Å². The van der Waals surface area contributed by atoms with E-state index in [0.717, 1.165) is 39.3 Å². The molecule has 1 aliphatic heterocycles. The summed E-state index contributed by atoms with van der Waals surface area (Å²) in [5.41, 5.74) is 0.452. The van der Waals surface area contributed by atoms with Crippen LogP contribution in [0.4, 0.5) is 0 Å². The zero-order valence-electron chi connectivity index (χ0n) is 14.0. The smallest absolute Gasteiger partial charge is 0.258 e. The number of amides is 1. The Morgan fingerprint density at radius 1 is 1.21 bits per heavy atom. The standard InChI is InChI=1S/C18H23N3O3/c1-20-13-16(14-5-2-3-6-15(14)18(20)23)17(22)19-7-4-8-21-9-11-24-12-10-21/h2-3,5-6,13H,4,7-12H2,1H3,(H,19,22). The maximum atomic E-state index is 12.5. The van der Waals surface area contributed by atoms with Crippen LogP contribution in [0.25, 0.3) is 10.8 Å². The van der Waals surface area contributed by atoms with Crippen LogP contribution in [0.3, 0.4) is 0 Å². The third-order valence-corrected chi connectivity index (χ3v) is 4.38. The number of rotatable bonds is 5. The second-order valence-electron chi connectivity index (χ2n) is 6.07. The van der Waals surface area contributed by atoms with Crippen LogP contribution in [-0.2, 0) is 11.8 Å². The highest BCUT2D eigenvalue weighted by Crippen LogP contribution is 2.14. The minimum atomic E-state index is -0.135. The van der Waals surface area contributed by atoms with Crippen molar-refractivity contribution in [3.8, 4) is 0 Å². The van der Waals surface area contributed by atoms with Gasteiger partial charge in [0.1, 0.15) is 0 Å². The Labute approximate surface area is 141 Å². The van der Waals surface area contributed by atoms with Gasteiger partial charge < -0.3 is 14.6 Å². The molecule has 1 aromatic heterocycles. The number of hydrogen-bond acceptors (Lipinski definition) is 4. The largest absolute Gasteiger partial charge is 0.379 e. The average molecular weight is 329 g/mol. The molecule has 1 fully saturated rings. The van der Waals surface area contributed by atoms with Crippen LogP contribution in [0.2, 0.25) is 0 Å². The highest BCUT2D eigenvalue weighted by atomic mass is 16.5. The van der Waals surface area contributed by atoms with Crippen molar-refractivity contribution in [2.24, 2.45) is 7.05 Å². The van der Waals surface area contributed by atoms with E-state index in [1.807, 2.05) is 18.2 Å². The number of carbonyl (C=O) groups is 1. The Morgan fingerprint density at radius 2 is 1.92 bits per heavy atom. The quantitative estimate of drug-likeness (QED) is 0.831. The summed E-state index contributed by atoms with van der Waals surface area (Å²) < 4.78 is 6.79. The van der Waals surface area contributed by atoms with Crippen molar-refractivity contribution in [1.82, 2.24) is 14.8 Å². The van der Waals surface area contributed by atoms with Gasteiger partial charge in [0.25, 0.3) is 11.5 Å². The van der Waals surface area contributed by atoms with Gasteiger partial charge in [-0.2, -0.15) is 0 Å². The SMILES string of the molecule is Cn1cc(C(=O)NCCCN2CCOCC2)c2ccccc2c1=O. The summed E-state index contributed by atoms with van der Waals surface area (Å²) in [5.74, 6) is -0.135. The molecule has 0 unspecified atom stereocenters. The average Bonchev–Trinajstić information content (AvgIpc) is 2.62. The molecule has 6 nitrogen and oxygen atoms in total. The first-order valence-corrected chi connectivity index (χ1v) is 8.33. The van der Waals surface area contributed by atoms with E-state index in [1.165, 1.54) is 4.57 Å². The summed E-state index contributed by atoms with van der Waals surface area (Å²) in [7, 11) is 1.67. The molecule has 0 saturated carbocycles. The van der Waals surface area contributed by atoms with Crippen molar-refractivity contribution < 1.29 is 9.53 Å². The molecular weight excluding hydrogens is 306 g/mol. The molecule has 3 rings (SSSR count). The Balaban J connectivity index is 1.64. The van der Waals surface area contributed by atoms with Gasteiger partial charge in [-0.05, 0) is 19.0 Å². The van der Waals surface area contributed by atoms with E-state index in [1.54, 1.807) is 19.3 Å². The highest BCUT2D eigenvalue weighted by molar-refractivity contribution is 6.06. The summed E-state index contributed by atoms with van der Waals surface area (Å²) in [6.07, 6.45) is 2.51. The van der Waals surface area contributed by atoms with E-state index in [2.05, 4.69) is 10.2 Å². The number of nitrogens with zero attached hydrogens (tertiary/aromatic N) is 2. The van der Waals surface area contributed by atoms with Crippen LogP contribution in [0.1, 0.15) is 16.8 Å². The molecule has 128 valence electrons. The molecule has 1 N–H and O–H groups in total. The molecule has 1 saturated heterocycles. The summed E-state index contributed by atoms with van der Waals surface area (Å²) >= 11 is 0. The number of carbonyl (C=O) groups excluding carboxylic acids is 1. The van der Waals surface area contributed by atoms with E-state index >= 15 is 0 Å². The number of ether oxygens (including phenoxy) is 1. The first kappa shape index (κ1) is 16.7. The molecule has 1 aliphatic rings. The van der Waals surface area contributed by atoms with Crippen LogP contribution in [0.5, 0.6) is 0 Å². The van der Waals surface area contributed by atoms with Crippen LogP contribution >= 0.6 is 0 Å². The molecule has 0 bridgehead atoms. The van der Waals surface area contributed by atoms with Crippen molar-refractivity contribution in [1.29, 1.82) is 0 Å². The third-order valence-electron chi connectivity index (χ3n) is 4.38. The van der Waals surface area contributed by atoms with E-state index in [0.29, 0.717) is 22.9 Å². The molecule has 0 spiro atoms. The molecule has 2 heterocycles. The van der Waals surface area contributed by atoms with E-state index in [-0.39, 0.29) is 11.5 Å². The Morgan fingerprint density at radius 3 is 2.67 bits per heavy atom. The highest BCUT2D eigenvalue weighted by Gasteiger charge is 2.14. The molecule has 0 atom stereocenters. The maximum Gasteiger partial charge on any atom is 0.258 e. The topological polar surface area (TPSA) is 63.6 Å². The number of benzene rings is 1. The molecule has 1 amide bonds. The van der Waals surface area contributed by atoms with Crippen molar-refractivity contribution in [2.75, 3.05) is 39.4 Å². The lowest BCUT2D eigenvalue weighted by Crippen LogP contribution is -2.38. The second kappa shape index (κ2) is 7.59. The first-order chi connectivity index (χ1) is 11.7. The zero-order chi connectivity index (χ0) is 16.9. The van der Waals surface area contributed by atoms with Gasteiger partial charge in [-0.15, -0.1) is 0 Å². The fraction of sp³-hybridized carbons (Fsp3) is 0.444. The summed E-state index contributed by atoms with van der Waals surface area (Å²) in [6, 6.07) is 7.23. The summed E-state index contributed by atoms with van der Waals surface area (Å²) in [5, 5.41) is 4.24. The molecular formula is C18H23N3O3. The van der Waals surface area contributed by atoms with Crippen LogP contribution in [0, 0.1) is 0 Å². The van der Waals surface area contributed by atoms with Gasteiger partial charge in [-0.1, -0.05) is 18.2 Å². The van der Waals surface area contributed by atoms with Crippen molar-refractivity contribution >= 4 is 16.7 Å². The predicted molar refractivity (Wildman–Crippen MR) is 93.4 cm³/mol. The van der Waals surface area contributed by atoms with Gasteiger partial charge in [0.05, 0.1) is 18.8 Å². The number of hydrogen-bond donors (Lipinski definition) is 1. The van der Waals surface area contributed by atoms with Crippen LogP contribution < -0.4 is 10.9 Å². The minimum absolute atomic E-state index is 0.0885. The molecule has 24 heavy (non-hydrogen) atoms. The van der Waals surface area contributed by atoms with Gasteiger partial charge in [-0.25, -0.2) is 0 Å². The molecule has 1 aromatic carbocycles. The second-order valence-corrected chi connectivity index (χ2v) is 6.07. The summed E-state index contributed by atoms with van der Waals surface area (Å²) in [4.78, 5) is 27.0. The zero-order valence-corrected chi connectivity index (χ0v) is 14.0. The predicted octanol–water partition coefficient (Wildman–Crippen LogP) is 0.991. The van der Waals surface area contributed by atoms with Crippen molar-refractivity contribution in [3.63, 3.8) is 0 Å². The van der Waals surface area contributed by atoms with Gasteiger partial charge in [0, 0.05) is 43.7 Å². The van der Waals surface area contributed by atoms with Crippen molar-refractivity contribution in [3.05, 3.63) is 46.4 Å². The number of nitrogens with one attached hydrogen (secondary N) is 1. The number of pyridine rings is 1. The Kier molecular flexibility index (Phi) is 5.27. The molecule has 0 radical (unpaired) electrons. The van der Waals surface area contributed by atoms with Gasteiger partial charge in [0.2, 0.25) is 0 Å². The van der Waals surface area contributed by atoms with Gasteiger partial charge in [0.15, 0.2) is 0 Å². The lowest BCUT2D eigenvalue weighted by atomic mass is 10.1. The maximum absolute atomic E-state index is 12.5. The Bertz CT molecular complexity index is 779.